The normalized spacial score (nSPS) is 27.1. The molecule has 0 bridgehead atoms. The Labute approximate surface area is 165 Å². The fraction of sp³-hybridized carbons (Fsp3) is 0.579. The van der Waals surface area contributed by atoms with E-state index >= 15 is 0 Å². The van der Waals surface area contributed by atoms with E-state index in [1.807, 2.05) is 18.2 Å². The highest BCUT2D eigenvalue weighted by Gasteiger charge is 2.36. The summed E-state index contributed by atoms with van der Waals surface area (Å²) in [4.78, 5) is 26.8. The maximum atomic E-state index is 12.6. The molecule has 3 unspecified atom stereocenters. The van der Waals surface area contributed by atoms with Gasteiger partial charge in [-0.3, -0.25) is 9.59 Å². The summed E-state index contributed by atoms with van der Waals surface area (Å²) < 4.78 is 11.1. The standard InChI is InChI=1S/C19H25N3O4.ClH/c1-12-8-14(4-5-20-12)21-19(24)13-9-18(23)22(11-13)15-2-3-16-17(10-15)26-7-6-25-16;/h2-3,10,12-14,20H,4-9,11H2,1H3,(H,21,24);1H. The summed E-state index contributed by atoms with van der Waals surface area (Å²) in [5.41, 5.74) is 0.755. The molecule has 3 aliphatic heterocycles. The predicted molar refractivity (Wildman–Crippen MR) is 104 cm³/mol. The minimum absolute atomic E-state index is 0. The highest BCUT2D eigenvalue weighted by atomic mass is 35.5. The zero-order valence-corrected chi connectivity index (χ0v) is 16.2. The van der Waals surface area contributed by atoms with Gasteiger partial charge in [-0.2, -0.15) is 0 Å². The van der Waals surface area contributed by atoms with Crippen molar-refractivity contribution in [2.45, 2.75) is 38.3 Å². The van der Waals surface area contributed by atoms with Gasteiger partial charge in [-0.1, -0.05) is 0 Å². The molecule has 3 aliphatic rings. The van der Waals surface area contributed by atoms with Crippen LogP contribution in [0.4, 0.5) is 5.69 Å². The molecule has 1 aromatic carbocycles. The van der Waals surface area contributed by atoms with Crippen molar-refractivity contribution in [2.24, 2.45) is 5.92 Å². The van der Waals surface area contributed by atoms with Gasteiger partial charge in [0.05, 0.1) is 5.92 Å². The molecular formula is C19H26ClN3O4. The summed E-state index contributed by atoms with van der Waals surface area (Å²) in [6.07, 6.45) is 2.11. The number of halogens is 1. The number of nitrogens with one attached hydrogen (secondary N) is 2. The van der Waals surface area contributed by atoms with Crippen molar-refractivity contribution < 1.29 is 19.1 Å². The zero-order valence-electron chi connectivity index (χ0n) is 15.4. The Morgan fingerprint density at radius 3 is 2.81 bits per heavy atom. The molecule has 3 atom stereocenters. The minimum atomic E-state index is -0.305. The Kier molecular flexibility index (Phi) is 6.11. The molecule has 4 rings (SSSR count). The van der Waals surface area contributed by atoms with Crippen LogP contribution in [0.3, 0.4) is 0 Å². The summed E-state index contributed by atoms with van der Waals surface area (Å²) in [6.45, 7) is 4.49. The van der Waals surface area contributed by atoms with Crippen LogP contribution in [-0.2, 0) is 9.59 Å². The molecule has 2 fully saturated rings. The topological polar surface area (TPSA) is 79.9 Å². The highest BCUT2D eigenvalue weighted by molar-refractivity contribution is 6.00. The maximum absolute atomic E-state index is 12.6. The number of carbonyl (C=O) groups is 2. The number of hydrogen-bond donors (Lipinski definition) is 2. The van der Waals surface area contributed by atoms with Crippen molar-refractivity contribution in [3.05, 3.63) is 18.2 Å². The molecule has 0 radical (unpaired) electrons. The van der Waals surface area contributed by atoms with Gasteiger partial charge in [0.2, 0.25) is 11.8 Å². The van der Waals surface area contributed by atoms with Gasteiger partial charge in [-0.15, -0.1) is 12.4 Å². The van der Waals surface area contributed by atoms with Crippen molar-refractivity contribution in [3.63, 3.8) is 0 Å². The molecule has 2 saturated heterocycles. The first kappa shape index (κ1) is 19.8. The number of anilines is 1. The first-order valence-electron chi connectivity index (χ1n) is 9.34. The van der Waals surface area contributed by atoms with Crippen LogP contribution < -0.4 is 25.0 Å². The Morgan fingerprint density at radius 1 is 1.26 bits per heavy atom. The van der Waals surface area contributed by atoms with Gasteiger partial charge in [-0.05, 0) is 38.4 Å². The third-order valence-corrected chi connectivity index (χ3v) is 5.30. The van der Waals surface area contributed by atoms with E-state index in [1.54, 1.807) is 4.90 Å². The Morgan fingerprint density at radius 2 is 2.04 bits per heavy atom. The Hall–Kier alpha value is -1.99. The number of amides is 2. The lowest BCUT2D eigenvalue weighted by molar-refractivity contribution is -0.127. The molecule has 27 heavy (non-hydrogen) atoms. The van der Waals surface area contributed by atoms with Crippen molar-refractivity contribution in [1.29, 1.82) is 0 Å². The van der Waals surface area contributed by atoms with E-state index in [2.05, 4.69) is 17.6 Å². The number of benzene rings is 1. The van der Waals surface area contributed by atoms with E-state index in [9.17, 15) is 9.59 Å². The Bertz CT molecular complexity index is 714. The molecular weight excluding hydrogens is 370 g/mol. The molecule has 0 spiro atoms. The predicted octanol–water partition coefficient (Wildman–Crippen LogP) is 1.49. The molecule has 0 saturated carbocycles. The van der Waals surface area contributed by atoms with Crippen LogP contribution in [-0.4, -0.2) is 50.2 Å². The Balaban J connectivity index is 0.00000210. The third-order valence-electron chi connectivity index (χ3n) is 5.30. The summed E-state index contributed by atoms with van der Waals surface area (Å²) in [6, 6.07) is 6.09. The van der Waals surface area contributed by atoms with Crippen LogP contribution in [0, 0.1) is 5.92 Å². The van der Waals surface area contributed by atoms with E-state index < -0.39 is 0 Å². The van der Waals surface area contributed by atoms with Gasteiger partial charge in [0.15, 0.2) is 11.5 Å². The second-order valence-electron chi connectivity index (χ2n) is 7.32. The number of nitrogens with zero attached hydrogens (tertiary/aromatic N) is 1. The molecule has 1 aromatic rings. The van der Waals surface area contributed by atoms with E-state index in [-0.39, 0.29) is 42.6 Å². The van der Waals surface area contributed by atoms with Crippen LogP contribution in [0.25, 0.3) is 0 Å². The maximum Gasteiger partial charge on any atom is 0.227 e. The monoisotopic (exact) mass is 395 g/mol. The lowest BCUT2D eigenvalue weighted by Gasteiger charge is -2.29. The average molecular weight is 396 g/mol. The molecule has 7 nitrogen and oxygen atoms in total. The van der Waals surface area contributed by atoms with Gasteiger partial charge in [0.1, 0.15) is 13.2 Å². The first-order valence-corrected chi connectivity index (χ1v) is 9.34. The van der Waals surface area contributed by atoms with Crippen molar-refractivity contribution in [2.75, 3.05) is 31.2 Å². The molecule has 0 aliphatic carbocycles. The van der Waals surface area contributed by atoms with Gasteiger partial charge in [0.25, 0.3) is 0 Å². The molecule has 3 heterocycles. The van der Waals surface area contributed by atoms with Crippen molar-refractivity contribution >= 4 is 29.9 Å². The number of ether oxygens (including phenoxy) is 2. The van der Waals surface area contributed by atoms with Crippen molar-refractivity contribution in [1.82, 2.24) is 10.6 Å². The van der Waals surface area contributed by atoms with E-state index in [0.29, 0.717) is 37.3 Å². The largest absolute Gasteiger partial charge is 0.486 e. The lowest BCUT2D eigenvalue weighted by atomic mass is 9.99. The zero-order chi connectivity index (χ0) is 18.1. The lowest BCUT2D eigenvalue weighted by Crippen LogP contribution is -2.48. The molecule has 2 amide bonds. The SMILES string of the molecule is CC1CC(NC(=O)C2CC(=O)N(c3ccc4c(c3)OCCO4)C2)CCN1.Cl. The number of carbonyl (C=O) groups excluding carboxylic acids is 2. The molecule has 8 heteroatoms. The van der Waals surface area contributed by atoms with Gasteiger partial charge in [0, 0.05) is 36.8 Å². The number of rotatable bonds is 3. The van der Waals surface area contributed by atoms with E-state index in [0.717, 1.165) is 25.1 Å². The van der Waals surface area contributed by atoms with Gasteiger partial charge in [-0.25, -0.2) is 0 Å². The van der Waals surface area contributed by atoms with Crippen LogP contribution in [0.5, 0.6) is 11.5 Å². The van der Waals surface area contributed by atoms with Crippen molar-refractivity contribution in [3.8, 4) is 11.5 Å². The van der Waals surface area contributed by atoms with Crippen LogP contribution in [0.2, 0.25) is 0 Å². The molecule has 148 valence electrons. The fourth-order valence-corrected chi connectivity index (χ4v) is 3.91. The second kappa shape index (κ2) is 8.35. The third kappa shape index (κ3) is 4.30. The summed E-state index contributed by atoms with van der Waals surface area (Å²) in [5.74, 6) is 0.998. The summed E-state index contributed by atoms with van der Waals surface area (Å²) in [5, 5.41) is 6.51. The van der Waals surface area contributed by atoms with Crippen LogP contribution in [0.1, 0.15) is 26.2 Å². The fourth-order valence-electron chi connectivity index (χ4n) is 3.91. The van der Waals surface area contributed by atoms with E-state index in [4.69, 9.17) is 9.47 Å². The van der Waals surface area contributed by atoms with E-state index in [1.165, 1.54) is 0 Å². The smallest absolute Gasteiger partial charge is 0.227 e. The van der Waals surface area contributed by atoms with Gasteiger partial charge < -0.3 is 25.0 Å². The quantitative estimate of drug-likeness (QED) is 0.810. The van der Waals surface area contributed by atoms with Gasteiger partial charge >= 0.3 is 0 Å². The summed E-state index contributed by atoms with van der Waals surface area (Å²) in [7, 11) is 0. The first-order chi connectivity index (χ1) is 12.6. The number of fused-ring (bicyclic) bond motifs is 1. The second-order valence-corrected chi connectivity index (χ2v) is 7.32. The van der Waals surface area contributed by atoms with Crippen LogP contribution in [0.15, 0.2) is 18.2 Å². The number of hydrogen-bond acceptors (Lipinski definition) is 5. The van der Waals surface area contributed by atoms with Crippen LogP contribution >= 0.6 is 12.4 Å². The molecule has 2 N–H and O–H groups in total. The average Bonchev–Trinajstić information content (AvgIpc) is 3.03. The minimum Gasteiger partial charge on any atom is -0.486 e. The highest BCUT2D eigenvalue weighted by Crippen LogP contribution is 2.36. The summed E-state index contributed by atoms with van der Waals surface area (Å²) >= 11 is 0. The molecule has 0 aromatic heterocycles. The number of piperidine rings is 1.